The number of nitrogens with zero attached hydrogens (tertiary/aromatic N) is 1. The van der Waals surface area contributed by atoms with E-state index >= 15 is 0 Å². The van der Waals surface area contributed by atoms with E-state index in [2.05, 4.69) is 5.32 Å². The molecule has 2 heterocycles. The molecule has 0 saturated carbocycles. The molecule has 2 aliphatic heterocycles. The lowest BCUT2D eigenvalue weighted by atomic mass is 9.74. The number of nitrogens with one attached hydrogen (secondary N) is 1. The summed E-state index contributed by atoms with van der Waals surface area (Å²) in [5.41, 5.74) is 0.379. The van der Waals surface area contributed by atoms with Crippen LogP contribution in [-0.2, 0) is 35.8 Å². The Hall–Kier alpha value is -3.39. The van der Waals surface area contributed by atoms with Gasteiger partial charge in [0.2, 0.25) is 5.91 Å². The molecule has 34 heavy (non-hydrogen) atoms. The summed E-state index contributed by atoms with van der Waals surface area (Å²) in [5.74, 6) is -0.880. The first kappa shape index (κ1) is 23.8. The second-order valence-electron chi connectivity index (χ2n) is 9.62. The highest BCUT2D eigenvalue weighted by Crippen LogP contribution is 2.51. The summed E-state index contributed by atoms with van der Waals surface area (Å²) in [4.78, 5) is 41.1. The molecule has 0 aromatic heterocycles. The van der Waals surface area contributed by atoms with E-state index in [1.54, 1.807) is 20.8 Å². The fraction of sp³-hybridized carbons (Fsp3) is 0.423. The predicted octanol–water partition coefficient (Wildman–Crippen LogP) is 3.64. The van der Waals surface area contributed by atoms with Gasteiger partial charge in [0.1, 0.15) is 17.1 Å². The van der Waals surface area contributed by atoms with Gasteiger partial charge in [-0.15, -0.1) is 0 Å². The lowest BCUT2D eigenvalue weighted by Gasteiger charge is -2.35. The molecule has 2 aromatic carbocycles. The Balaban J connectivity index is 1.75. The molecule has 3 atom stereocenters. The first-order valence-corrected chi connectivity index (χ1v) is 11.3. The van der Waals surface area contributed by atoms with Gasteiger partial charge in [0.05, 0.1) is 26.4 Å². The minimum Gasteiger partial charge on any atom is -0.467 e. The SMILES string of the molecule is COC(=O)[C@@H]1C[C@]2(C(=O)Nc3ccccc32)[C@H](COCc2ccccc2)N1C(=O)OC(C)(C)C. The number of hydrogen-bond donors (Lipinski definition) is 1. The highest BCUT2D eigenvalue weighted by molar-refractivity contribution is 6.08. The first-order valence-electron chi connectivity index (χ1n) is 11.3. The highest BCUT2D eigenvalue weighted by Gasteiger charge is 2.64. The first-order chi connectivity index (χ1) is 16.2. The van der Waals surface area contributed by atoms with Gasteiger partial charge in [-0.3, -0.25) is 9.69 Å². The molecule has 8 nitrogen and oxygen atoms in total. The van der Waals surface area contributed by atoms with Gasteiger partial charge in [-0.1, -0.05) is 48.5 Å². The zero-order valence-corrected chi connectivity index (χ0v) is 19.9. The summed E-state index contributed by atoms with van der Waals surface area (Å²) in [6.07, 6.45) is -0.619. The number of rotatable bonds is 5. The normalized spacial score (nSPS) is 23.5. The Labute approximate surface area is 199 Å². The number of esters is 1. The van der Waals surface area contributed by atoms with E-state index in [0.29, 0.717) is 12.3 Å². The molecule has 1 fully saturated rings. The average molecular weight is 467 g/mol. The molecule has 0 radical (unpaired) electrons. The molecular weight excluding hydrogens is 436 g/mol. The van der Waals surface area contributed by atoms with Crippen molar-refractivity contribution in [1.82, 2.24) is 4.90 Å². The quantitative estimate of drug-likeness (QED) is 0.676. The van der Waals surface area contributed by atoms with Gasteiger partial charge in [0.25, 0.3) is 0 Å². The zero-order chi connectivity index (χ0) is 24.5. The molecule has 1 saturated heterocycles. The third-order valence-electron chi connectivity index (χ3n) is 6.28. The minimum absolute atomic E-state index is 0.0311. The Morgan fingerprint density at radius 3 is 2.44 bits per heavy atom. The number of benzene rings is 2. The maximum absolute atomic E-state index is 13.5. The maximum Gasteiger partial charge on any atom is 0.411 e. The predicted molar refractivity (Wildman–Crippen MR) is 125 cm³/mol. The third-order valence-corrected chi connectivity index (χ3v) is 6.28. The fourth-order valence-corrected chi connectivity index (χ4v) is 4.85. The number of hydrogen-bond acceptors (Lipinski definition) is 6. The van der Waals surface area contributed by atoms with E-state index in [9.17, 15) is 14.4 Å². The molecular formula is C26H30N2O6. The van der Waals surface area contributed by atoms with E-state index < -0.39 is 35.2 Å². The molecule has 1 N–H and O–H groups in total. The number of fused-ring (bicyclic) bond motifs is 2. The van der Waals surface area contributed by atoms with Gasteiger partial charge >= 0.3 is 12.1 Å². The van der Waals surface area contributed by atoms with Gasteiger partial charge in [0, 0.05) is 5.69 Å². The highest BCUT2D eigenvalue weighted by atomic mass is 16.6. The van der Waals surface area contributed by atoms with Crippen molar-refractivity contribution in [3.8, 4) is 0 Å². The molecule has 8 heteroatoms. The van der Waals surface area contributed by atoms with Crippen molar-refractivity contribution in [2.24, 2.45) is 0 Å². The summed E-state index contributed by atoms with van der Waals surface area (Å²) in [5, 5.41) is 2.93. The maximum atomic E-state index is 13.5. The Morgan fingerprint density at radius 2 is 1.76 bits per heavy atom. The lowest BCUT2D eigenvalue weighted by Crippen LogP contribution is -2.54. The summed E-state index contributed by atoms with van der Waals surface area (Å²) < 4.78 is 16.7. The summed E-state index contributed by atoms with van der Waals surface area (Å²) in [6.45, 7) is 5.58. The van der Waals surface area contributed by atoms with Crippen molar-refractivity contribution in [3.63, 3.8) is 0 Å². The number of anilines is 1. The van der Waals surface area contributed by atoms with Crippen LogP contribution < -0.4 is 5.32 Å². The van der Waals surface area contributed by atoms with Crippen LogP contribution >= 0.6 is 0 Å². The molecule has 180 valence electrons. The number of amides is 2. The van der Waals surface area contributed by atoms with Crippen molar-refractivity contribution in [2.75, 3.05) is 19.0 Å². The monoisotopic (exact) mass is 466 g/mol. The van der Waals surface area contributed by atoms with E-state index in [0.717, 1.165) is 11.1 Å². The Kier molecular flexibility index (Phi) is 6.36. The number of ether oxygens (including phenoxy) is 3. The molecule has 0 aliphatic carbocycles. The van der Waals surface area contributed by atoms with Crippen LogP contribution in [0.1, 0.15) is 38.3 Å². The van der Waals surface area contributed by atoms with Gasteiger partial charge in [0.15, 0.2) is 0 Å². The summed E-state index contributed by atoms with van der Waals surface area (Å²) in [7, 11) is 1.27. The van der Waals surface area contributed by atoms with Crippen LogP contribution in [0.4, 0.5) is 10.5 Å². The fourth-order valence-electron chi connectivity index (χ4n) is 4.85. The molecule has 1 spiro atoms. The lowest BCUT2D eigenvalue weighted by molar-refractivity contribution is -0.146. The summed E-state index contributed by atoms with van der Waals surface area (Å²) in [6, 6.07) is 15.2. The third kappa shape index (κ3) is 4.25. The van der Waals surface area contributed by atoms with Gasteiger partial charge in [-0.25, -0.2) is 9.59 Å². The van der Waals surface area contributed by atoms with Gasteiger partial charge in [-0.2, -0.15) is 0 Å². The minimum atomic E-state index is -1.18. The van der Waals surface area contributed by atoms with E-state index in [-0.39, 0.29) is 18.9 Å². The van der Waals surface area contributed by atoms with Crippen LogP contribution in [0.3, 0.4) is 0 Å². The van der Waals surface area contributed by atoms with E-state index in [1.807, 2.05) is 54.6 Å². The van der Waals surface area contributed by atoms with Crippen LogP contribution in [0.5, 0.6) is 0 Å². The Morgan fingerprint density at radius 1 is 1.09 bits per heavy atom. The van der Waals surface area contributed by atoms with Crippen molar-refractivity contribution < 1.29 is 28.6 Å². The second-order valence-corrected chi connectivity index (χ2v) is 9.62. The molecule has 2 amide bonds. The van der Waals surface area contributed by atoms with Gasteiger partial charge < -0.3 is 19.5 Å². The standard InChI is InChI=1S/C26H30N2O6/c1-25(2,3)34-24(31)28-20(22(29)32-4)14-26(18-12-8-9-13-19(18)27-23(26)30)21(28)16-33-15-17-10-6-5-7-11-17/h5-13,20-21H,14-16H2,1-4H3,(H,27,30)/t20-,21-,26+/m0/s1. The van der Waals surface area contributed by atoms with Crippen LogP contribution in [0.2, 0.25) is 0 Å². The zero-order valence-electron chi connectivity index (χ0n) is 19.9. The molecule has 0 bridgehead atoms. The number of carbonyl (C=O) groups excluding carboxylic acids is 3. The van der Waals surface area contributed by atoms with Crippen molar-refractivity contribution >= 4 is 23.7 Å². The molecule has 4 rings (SSSR count). The van der Waals surface area contributed by atoms with E-state index in [4.69, 9.17) is 14.2 Å². The molecule has 2 aliphatic rings. The Bertz CT molecular complexity index is 1080. The van der Waals surface area contributed by atoms with Crippen molar-refractivity contribution in [3.05, 3.63) is 65.7 Å². The molecule has 0 unspecified atom stereocenters. The van der Waals surface area contributed by atoms with Crippen molar-refractivity contribution in [1.29, 1.82) is 0 Å². The average Bonchev–Trinajstić information content (AvgIpc) is 3.29. The second kappa shape index (κ2) is 9.10. The van der Waals surface area contributed by atoms with Gasteiger partial charge in [-0.05, 0) is 44.4 Å². The number of para-hydroxylation sites is 1. The number of likely N-dealkylation sites (tertiary alicyclic amines) is 1. The van der Waals surface area contributed by atoms with E-state index in [1.165, 1.54) is 12.0 Å². The largest absolute Gasteiger partial charge is 0.467 e. The van der Waals surface area contributed by atoms with Crippen LogP contribution in [0.15, 0.2) is 54.6 Å². The number of methoxy groups -OCH3 is 1. The number of carbonyl (C=O) groups is 3. The smallest absolute Gasteiger partial charge is 0.411 e. The van der Waals surface area contributed by atoms with Crippen LogP contribution in [0.25, 0.3) is 0 Å². The van der Waals surface area contributed by atoms with Crippen molar-refractivity contribution in [2.45, 2.75) is 56.9 Å². The molecule has 2 aromatic rings. The summed E-state index contributed by atoms with van der Waals surface area (Å²) >= 11 is 0. The topological polar surface area (TPSA) is 94.2 Å². The van der Waals surface area contributed by atoms with Crippen LogP contribution in [-0.4, -0.2) is 54.3 Å². The van der Waals surface area contributed by atoms with Crippen LogP contribution in [0, 0.1) is 0 Å².